The second kappa shape index (κ2) is 6.39. The minimum Gasteiger partial charge on any atom is -0.348 e. The van der Waals surface area contributed by atoms with Gasteiger partial charge in [-0.05, 0) is 30.3 Å². The van der Waals surface area contributed by atoms with E-state index in [1.54, 1.807) is 0 Å². The topological polar surface area (TPSA) is 89.3 Å². The fraction of sp³-hybridized carbons (Fsp3) is 0.0714. The van der Waals surface area contributed by atoms with Gasteiger partial charge in [0.25, 0.3) is 5.91 Å². The summed E-state index contributed by atoms with van der Waals surface area (Å²) >= 11 is 0. The van der Waals surface area contributed by atoms with Crippen molar-refractivity contribution in [2.24, 2.45) is 5.14 Å². The molecular weight excluding hydrogens is 333 g/mol. The van der Waals surface area contributed by atoms with Crippen molar-refractivity contribution < 1.29 is 26.4 Å². The molecule has 2 rings (SSSR count). The van der Waals surface area contributed by atoms with Crippen LogP contribution in [-0.2, 0) is 16.6 Å². The van der Waals surface area contributed by atoms with E-state index in [1.165, 1.54) is 12.1 Å². The summed E-state index contributed by atoms with van der Waals surface area (Å²) in [6.45, 7) is -0.434. The maximum absolute atomic E-state index is 13.4. The smallest absolute Gasteiger partial charge is 0.251 e. The van der Waals surface area contributed by atoms with Crippen LogP contribution >= 0.6 is 0 Å². The second-order valence-corrected chi connectivity index (χ2v) is 6.17. The summed E-state index contributed by atoms with van der Waals surface area (Å²) in [4.78, 5) is 11.7. The lowest BCUT2D eigenvalue weighted by Crippen LogP contribution is -2.23. The van der Waals surface area contributed by atoms with Gasteiger partial charge in [0.1, 0.15) is 5.82 Å². The van der Waals surface area contributed by atoms with E-state index in [2.05, 4.69) is 5.32 Å². The third kappa shape index (κ3) is 4.08. The van der Waals surface area contributed by atoms with Gasteiger partial charge in [0, 0.05) is 23.7 Å². The van der Waals surface area contributed by atoms with Crippen LogP contribution < -0.4 is 10.5 Å². The van der Waals surface area contributed by atoms with Crippen LogP contribution in [0.15, 0.2) is 41.3 Å². The normalized spacial score (nSPS) is 11.3. The molecule has 1 amide bonds. The van der Waals surface area contributed by atoms with Crippen LogP contribution in [0.5, 0.6) is 0 Å². The summed E-state index contributed by atoms with van der Waals surface area (Å²) in [5.74, 6) is -4.25. The van der Waals surface area contributed by atoms with E-state index < -0.39 is 39.9 Å². The maximum Gasteiger partial charge on any atom is 0.251 e. The van der Waals surface area contributed by atoms with Gasteiger partial charge in [0.2, 0.25) is 10.0 Å². The molecule has 0 aliphatic heterocycles. The second-order valence-electron chi connectivity index (χ2n) is 4.61. The zero-order valence-corrected chi connectivity index (χ0v) is 12.3. The molecule has 5 nitrogen and oxygen atoms in total. The Balaban J connectivity index is 2.11. The molecule has 0 aromatic heterocycles. The summed E-state index contributed by atoms with van der Waals surface area (Å²) in [6.07, 6.45) is 0. The van der Waals surface area contributed by atoms with Gasteiger partial charge in [-0.2, -0.15) is 0 Å². The zero-order valence-electron chi connectivity index (χ0n) is 11.5. The molecule has 0 radical (unpaired) electrons. The minimum absolute atomic E-state index is 0.0784. The molecule has 0 aliphatic carbocycles. The number of hydrogen-bond acceptors (Lipinski definition) is 3. The van der Waals surface area contributed by atoms with Gasteiger partial charge in [-0.3, -0.25) is 4.79 Å². The number of nitrogens with one attached hydrogen (secondary N) is 1. The molecule has 0 atom stereocenters. The van der Waals surface area contributed by atoms with Crippen LogP contribution in [0.25, 0.3) is 0 Å². The summed E-state index contributed by atoms with van der Waals surface area (Å²) in [6, 6.07) is 5.84. The molecule has 0 heterocycles. The Hall–Kier alpha value is -2.39. The summed E-state index contributed by atoms with van der Waals surface area (Å²) in [5.41, 5.74) is -0.272. The Bertz CT molecular complexity index is 852. The van der Waals surface area contributed by atoms with Gasteiger partial charge >= 0.3 is 0 Å². The molecule has 0 bridgehead atoms. The Morgan fingerprint density at radius 1 is 1.09 bits per heavy atom. The lowest BCUT2D eigenvalue weighted by Gasteiger charge is -2.08. The molecule has 0 saturated carbocycles. The summed E-state index contributed by atoms with van der Waals surface area (Å²) in [7, 11) is -3.88. The number of halogens is 3. The first-order valence-electron chi connectivity index (χ1n) is 6.23. The van der Waals surface area contributed by atoms with Crippen LogP contribution in [0.4, 0.5) is 13.2 Å². The van der Waals surface area contributed by atoms with Crippen molar-refractivity contribution in [2.75, 3.05) is 0 Å². The first kappa shape index (κ1) is 17.0. The van der Waals surface area contributed by atoms with E-state index in [0.29, 0.717) is 6.07 Å². The number of hydrogen-bond donors (Lipinski definition) is 2. The molecule has 0 aliphatic rings. The first-order chi connectivity index (χ1) is 10.7. The van der Waals surface area contributed by atoms with Gasteiger partial charge in [-0.15, -0.1) is 0 Å². The van der Waals surface area contributed by atoms with E-state index in [9.17, 15) is 26.4 Å². The van der Waals surface area contributed by atoms with Crippen molar-refractivity contribution in [3.05, 3.63) is 65.0 Å². The molecule has 0 saturated heterocycles. The first-order valence-corrected chi connectivity index (χ1v) is 7.77. The quantitative estimate of drug-likeness (QED) is 0.827. The van der Waals surface area contributed by atoms with E-state index >= 15 is 0 Å². The molecule has 122 valence electrons. The van der Waals surface area contributed by atoms with E-state index in [1.807, 2.05) is 0 Å². The van der Waals surface area contributed by atoms with Crippen LogP contribution in [0.3, 0.4) is 0 Å². The van der Waals surface area contributed by atoms with Crippen molar-refractivity contribution in [3.63, 3.8) is 0 Å². The van der Waals surface area contributed by atoms with E-state index in [4.69, 9.17) is 5.14 Å². The lowest BCUT2D eigenvalue weighted by molar-refractivity contribution is 0.0950. The fourth-order valence-corrected chi connectivity index (χ4v) is 2.33. The molecule has 2 aromatic rings. The van der Waals surface area contributed by atoms with Gasteiger partial charge in [0.05, 0.1) is 4.90 Å². The van der Waals surface area contributed by atoms with Crippen molar-refractivity contribution >= 4 is 15.9 Å². The lowest BCUT2D eigenvalue weighted by atomic mass is 10.1. The fourth-order valence-electron chi connectivity index (χ4n) is 1.81. The number of benzene rings is 2. The van der Waals surface area contributed by atoms with Crippen molar-refractivity contribution in [2.45, 2.75) is 11.4 Å². The van der Waals surface area contributed by atoms with Crippen molar-refractivity contribution in [1.82, 2.24) is 5.32 Å². The molecule has 0 unspecified atom stereocenters. The number of rotatable bonds is 4. The van der Waals surface area contributed by atoms with Gasteiger partial charge in [-0.1, -0.05) is 0 Å². The summed E-state index contributed by atoms with van der Waals surface area (Å²) in [5, 5.41) is 7.20. The number of nitrogens with two attached hydrogens (primary N) is 1. The molecular formula is C14H11F3N2O3S. The number of carbonyl (C=O) groups excluding carboxylic acids is 1. The van der Waals surface area contributed by atoms with Crippen LogP contribution in [0.2, 0.25) is 0 Å². The number of amides is 1. The maximum atomic E-state index is 13.4. The van der Waals surface area contributed by atoms with Gasteiger partial charge < -0.3 is 5.32 Å². The molecule has 3 N–H and O–H groups in total. The molecule has 0 spiro atoms. The Morgan fingerprint density at radius 3 is 2.26 bits per heavy atom. The van der Waals surface area contributed by atoms with Crippen LogP contribution in [0.1, 0.15) is 15.9 Å². The molecule has 0 fully saturated rings. The van der Waals surface area contributed by atoms with Crippen LogP contribution in [-0.4, -0.2) is 14.3 Å². The molecule has 23 heavy (non-hydrogen) atoms. The van der Waals surface area contributed by atoms with Crippen molar-refractivity contribution in [3.8, 4) is 0 Å². The highest BCUT2D eigenvalue weighted by Crippen LogP contribution is 2.14. The Labute approximate surface area is 130 Å². The predicted octanol–water partition coefficient (Wildman–Crippen LogP) is 1.68. The van der Waals surface area contributed by atoms with E-state index in [-0.39, 0.29) is 16.0 Å². The minimum atomic E-state index is -3.88. The number of primary sulfonamides is 1. The number of carbonyl (C=O) groups is 1. The third-order valence-electron chi connectivity index (χ3n) is 2.95. The monoisotopic (exact) mass is 344 g/mol. The average molecular weight is 344 g/mol. The highest BCUT2D eigenvalue weighted by atomic mass is 32.2. The number of sulfonamides is 1. The van der Waals surface area contributed by atoms with Gasteiger partial charge in [-0.25, -0.2) is 26.7 Å². The molecule has 2 aromatic carbocycles. The highest BCUT2D eigenvalue weighted by Gasteiger charge is 2.13. The highest BCUT2D eigenvalue weighted by molar-refractivity contribution is 7.89. The van der Waals surface area contributed by atoms with E-state index in [0.717, 1.165) is 18.2 Å². The zero-order chi connectivity index (χ0) is 17.2. The largest absolute Gasteiger partial charge is 0.348 e. The van der Waals surface area contributed by atoms with Crippen molar-refractivity contribution in [1.29, 1.82) is 0 Å². The predicted molar refractivity (Wildman–Crippen MR) is 75.3 cm³/mol. The summed E-state index contributed by atoms with van der Waals surface area (Å²) < 4.78 is 61.7. The van der Waals surface area contributed by atoms with Gasteiger partial charge in [0.15, 0.2) is 11.6 Å². The SMILES string of the molecule is NS(=O)(=O)c1ccc(C(=O)NCc2cc(F)cc(F)c2F)cc1. The standard InChI is InChI=1S/C14H11F3N2O3S/c15-10-5-9(13(17)12(16)6-10)7-19-14(20)8-1-3-11(4-2-8)23(18,21)22/h1-6H,7H2,(H,19,20)(H2,18,21,22). The Kier molecular flexibility index (Phi) is 4.71. The van der Waals surface area contributed by atoms with Crippen LogP contribution in [0, 0.1) is 17.5 Å². The average Bonchev–Trinajstić information content (AvgIpc) is 2.48. The third-order valence-corrected chi connectivity index (χ3v) is 3.88. The molecule has 9 heteroatoms. The Morgan fingerprint density at radius 2 is 1.70 bits per heavy atom.